The summed E-state index contributed by atoms with van der Waals surface area (Å²) in [6.45, 7) is 0.655. The van der Waals surface area contributed by atoms with Gasteiger partial charge < -0.3 is 4.74 Å². The van der Waals surface area contributed by atoms with Crippen molar-refractivity contribution < 1.29 is 13.2 Å². The number of hydrogen-bond donors (Lipinski definition) is 0. The van der Waals surface area contributed by atoms with Crippen LogP contribution >= 0.6 is 15.9 Å². The van der Waals surface area contributed by atoms with Gasteiger partial charge in [0.2, 0.25) is 10.0 Å². The summed E-state index contributed by atoms with van der Waals surface area (Å²) in [4.78, 5) is 0. The summed E-state index contributed by atoms with van der Waals surface area (Å²) in [5.74, 6) is 0. The van der Waals surface area contributed by atoms with Gasteiger partial charge in [0.1, 0.15) is 10.2 Å². The van der Waals surface area contributed by atoms with E-state index in [1.54, 1.807) is 11.8 Å². The number of methoxy groups -OCH3 is 1. The molecule has 0 bridgehead atoms. The summed E-state index contributed by atoms with van der Waals surface area (Å²) >= 11 is 3.29. The second-order valence-electron chi connectivity index (χ2n) is 4.21. The van der Waals surface area contributed by atoms with Gasteiger partial charge in [-0.1, -0.05) is 0 Å². The van der Waals surface area contributed by atoms with Gasteiger partial charge in [0.15, 0.2) is 0 Å². The van der Waals surface area contributed by atoms with Crippen molar-refractivity contribution in [2.24, 2.45) is 7.05 Å². The number of nitrogens with zero attached hydrogens (tertiary/aromatic N) is 3. The molecule has 8 heteroatoms. The lowest BCUT2D eigenvalue weighted by atomic mass is 9.92. The summed E-state index contributed by atoms with van der Waals surface area (Å²) < 4.78 is 32.0. The van der Waals surface area contributed by atoms with Gasteiger partial charge in [0.25, 0.3) is 0 Å². The molecule has 0 atom stereocenters. The Morgan fingerprint density at radius 1 is 1.53 bits per heavy atom. The van der Waals surface area contributed by atoms with Crippen molar-refractivity contribution in [2.45, 2.75) is 5.60 Å². The average molecular weight is 324 g/mol. The molecule has 0 aromatic carbocycles. The first-order valence-corrected chi connectivity index (χ1v) is 7.63. The maximum atomic E-state index is 11.4. The molecule has 1 fully saturated rings. The van der Waals surface area contributed by atoms with E-state index in [0.29, 0.717) is 17.7 Å². The molecule has 0 unspecified atom stereocenters. The first-order chi connectivity index (χ1) is 7.78. The predicted octanol–water partition coefficient (Wildman–Crippen LogP) is 0.300. The molecule has 0 N–H and O–H groups in total. The predicted molar refractivity (Wildman–Crippen MR) is 66.0 cm³/mol. The van der Waals surface area contributed by atoms with Gasteiger partial charge in [-0.3, -0.25) is 4.68 Å². The Bertz CT molecular complexity index is 534. The smallest absolute Gasteiger partial charge is 0.211 e. The third-order valence-electron chi connectivity index (χ3n) is 3.04. The molecule has 1 saturated heterocycles. The first-order valence-electron chi connectivity index (χ1n) is 4.99. The van der Waals surface area contributed by atoms with Gasteiger partial charge in [0.05, 0.1) is 11.9 Å². The summed E-state index contributed by atoms with van der Waals surface area (Å²) in [6, 6.07) is 1.85. The van der Waals surface area contributed by atoms with Crippen molar-refractivity contribution in [1.82, 2.24) is 14.1 Å². The first kappa shape index (κ1) is 13.0. The van der Waals surface area contributed by atoms with Crippen LogP contribution < -0.4 is 0 Å². The molecular weight excluding hydrogens is 310 g/mol. The van der Waals surface area contributed by atoms with Crippen LogP contribution in [0.4, 0.5) is 0 Å². The monoisotopic (exact) mass is 323 g/mol. The molecule has 1 aliphatic rings. The molecule has 0 aliphatic carbocycles. The van der Waals surface area contributed by atoms with Crippen molar-refractivity contribution in [3.63, 3.8) is 0 Å². The molecule has 1 aromatic rings. The van der Waals surface area contributed by atoms with Crippen LogP contribution in [0.1, 0.15) is 5.69 Å². The van der Waals surface area contributed by atoms with Crippen molar-refractivity contribution in [3.8, 4) is 0 Å². The van der Waals surface area contributed by atoms with Crippen molar-refractivity contribution in [1.29, 1.82) is 0 Å². The van der Waals surface area contributed by atoms with Gasteiger partial charge in [0, 0.05) is 27.2 Å². The van der Waals surface area contributed by atoms with E-state index in [-0.39, 0.29) is 0 Å². The zero-order valence-corrected chi connectivity index (χ0v) is 12.2. The minimum atomic E-state index is -3.15. The number of aryl methyl sites for hydroxylation is 1. The van der Waals surface area contributed by atoms with Crippen molar-refractivity contribution in [3.05, 3.63) is 16.4 Å². The molecule has 0 radical (unpaired) electrons. The fourth-order valence-electron chi connectivity index (χ4n) is 2.01. The van der Waals surface area contributed by atoms with Crippen LogP contribution in [0.25, 0.3) is 0 Å². The maximum Gasteiger partial charge on any atom is 0.211 e. The van der Waals surface area contributed by atoms with E-state index in [1.807, 2.05) is 13.1 Å². The molecule has 6 nitrogen and oxygen atoms in total. The number of sulfonamides is 1. The minimum absolute atomic E-state index is 0.328. The SMILES string of the molecule is COC1(c2cc(Br)nn2C)CN(S(C)(=O)=O)C1. The Labute approximate surface area is 109 Å². The van der Waals surface area contributed by atoms with E-state index in [0.717, 1.165) is 5.69 Å². The number of ether oxygens (including phenoxy) is 1. The van der Waals surface area contributed by atoms with Crippen LogP contribution in [0.3, 0.4) is 0 Å². The number of hydrogen-bond acceptors (Lipinski definition) is 4. The highest BCUT2D eigenvalue weighted by Gasteiger charge is 2.50. The lowest BCUT2D eigenvalue weighted by molar-refractivity contribution is -0.103. The highest BCUT2D eigenvalue weighted by Crippen LogP contribution is 2.37. The molecule has 0 amide bonds. The third-order valence-corrected chi connectivity index (χ3v) is 4.62. The molecular formula is C9H14BrN3O3S. The largest absolute Gasteiger partial charge is 0.369 e. The Morgan fingerprint density at radius 3 is 2.47 bits per heavy atom. The zero-order chi connectivity index (χ0) is 12.8. The van der Waals surface area contributed by atoms with E-state index < -0.39 is 15.6 Å². The van der Waals surface area contributed by atoms with Gasteiger partial charge in [-0.15, -0.1) is 0 Å². The normalized spacial score (nSPS) is 20.2. The molecule has 0 spiro atoms. The molecule has 2 heterocycles. The summed E-state index contributed by atoms with van der Waals surface area (Å²) in [7, 11) is 0.244. The van der Waals surface area contributed by atoms with Gasteiger partial charge in [-0.05, 0) is 22.0 Å². The lowest BCUT2D eigenvalue weighted by Crippen LogP contribution is -2.62. The van der Waals surface area contributed by atoms with Gasteiger partial charge in [-0.2, -0.15) is 9.40 Å². The van der Waals surface area contributed by atoms with Crippen LogP contribution in [-0.2, 0) is 27.4 Å². The van der Waals surface area contributed by atoms with E-state index in [2.05, 4.69) is 21.0 Å². The standard InChI is InChI=1S/C9H14BrN3O3S/c1-12-7(4-8(10)11-12)9(16-2)5-13(6-9)17(3,14)15/h4H,5-6H2,1-3H3. The lowest BCUT2D eigenvalue weighted by Gasteiger charge is -2.47. The second kappa shape index (κ2) is 4.04. The zero-order valence-electron chi connectivity index (χ0n) is 9.84. The van der Waals surface area contributed by atoms with E-state index in [9.17, 15) is 8.42 Å². The number of rotatable bonds is 3. The van der Waals surface area contributed by atoms with Crippen LogP contribution in [0.2, 0.25) is 0 Å². The Hall–Kier alpha value is -0.440. The summed E-state index contributed by atoms with van der Waals surface area (Å²) in [5.41, 5.74) is 0.281. The van der Waals surface area contributed by atoms with Crippen LogP contribution in [0.5, 0.6) is 0 Å². The second-order valence-corrected chi connectivity index (χ2v) is 7.00. The highest BCUT2D eigenvalue weighted by atomic mass is 79.9. The van der Waals surface area contributed by atoms with E-state index in [1.165, 1.54) is 10.6 Å². The fraction of sp³-hybridized carbons (Fsp3) is 0.667. The van der Waals surface area contributed by atoms with E-state index in [4.69, 9.17) is 4.74 Å². The van der Waals surface area contributed by atoms with Crippen molar-refractivity contribution in [2.75, 3.05) is 26.5 Å². The Morgan fingerprint density at radius 2 is 2.12 bits per heavy atom. The Balaban J connectivity index is 2.29. The van der Waals surface area contributed by atoms with Crippen LogP contribution in [0, 0.1) is 0 Å². The summed E-state index contributed by atoms with van der Waals surface area (Å²) in [6.07, 6.45) is 1.20. The quantitative estimate of drug-likeness (QED) is 0.802. The molecule has 1 aromatic heterocycles. The molecule has 0 saturated carbocycles. The molecule has 17 heavy (non-hydrogen) atoms. The van der Waals surface area contributed by atoms with E-state index >= 15 is 0 Å². The van der Waals surface area contributed by atoms with Crippen LogP contribution in [-0.4, -0.2) is 49.0 Å². The average Bonchev–Trinajstić information content (AvgIpc) is 2.43. The van der Waals surface area contributed by atoms with Gasteiger partial charge in [-0.25, -0.2) is 8.42 Å². The van der Waals surface area contributed by atoms with Crippen LogP contribution in [0.15, 0.2) is 10.7 Å². The Kier molecular flexibility index (Phi) is 3.09. The third kappa shape index (κ3) is 2.14. The fourth-order valence-corrected chi connectivity index (χ4v) is 3.35. The number of aromatic nitrogens is 2. The molecule has 1 aliphatic heterocycles. The van der Waals surface area contributed by atoms with Gasteiger partial charge >= 0.3 is 0 Å². The number of halogens is 1. The molecule has 96 valence electrons. The van der Waals surface area contributed by atoms with Crippen molar-refractivity contribution >= 4 is 26.0 Å². The minimum Gasteiger partial charge on any atom is -0.369 e. The highest BCUT2D eigenvalue weighted by molar-refractivity contribution is 9.10. The maximum absolute atomic E-state index is 11.4. The molecule has 2 rings (SSSR count). The topological polar surface area (TPSA) is 64.4 Å². The summed E-state index contributed by atoms with van der Waals surface area (Å²) in [5, 5.41) is 4.18.